The van der Waals surface area contributed by atoms with Crippen molar-refractivity contribution < 1.29 is 18.3 Å². The van der Waals surface area contributed by atoms with Crippen molar-refractivity contribution in [2.24, 2.45) is 0 Å². The van der Waals surface area contributed by atoms with Crippen LogP contribution in [0.4, 0.5) is 0 Å². The summed E-state index contributed by atoms with van der Waals surface area (Å²) in [5.74, 6) is -1.15. The predicted octanol–water partition coefficient (Wildman–Crippen LogP) is -0.479. The molecule has 0 aromatic heterocycles. The van der Waals surface area contributed by atoms with Crippen LogP contribution in [0.5, 0.6) is 0 Å². The van der Waals surface area contributed by atoms with Crippen molar-refractivity contribution in [3.63, 3.8) is 0 Å². The molecule has 0 aromatic carbocycles. The molecule has 0 amide bonds. The van der Waals surface area contributed by atoms with Gasteiger partial charge in [0.25, 0.3) is 10.2 Å². The van der Waals surface area contributed by atoms with Gasteiger partial charge in [0.2, 0.25) is 0 Å². The number of carbonyl (C=O) groups is 1. The summed E-state index contributed by atoms with van der Waals surface area (Å²) in [4.78, 5) is 12.6. The number of rotatable bonds is 9. The smallest absolute Gasteiger partial charge is 0.318 e. The summed E-state index contributed by atoms with van der Waals surface area (Å²) in [6.45, 7) is 4.25. The van der Waals surface area contributed by atoms with Crippen LogP contribution in [0.25, 0.3) is 0 Å². The van der Waals surface area contributed by atoms with Gasteiger partial charge < -0.3 is 10.0 Å². The predicted molar refractivity (Wildman–Crippen MR) is 69.6 cm³/mol. The molecular weight excluding hydrogens is 258 g/mol. The molecule has 0 aliphatic rings. The first-order chi connectivity index (χ1) is 8.25. The van der Waals surface area contributed by atoms with Gasteiger partial charge >= 0.3 is 5.97 Å². The van der Waals surface area contributed by atoms with E-state index >= 15 is 0 Å². The van der Waals surface area contributed by atoms with E-state index in [1.54, 1.807) is 13.8 Å². The third kappa shape index (κ3) is 5.30. The minimum Gasteiger partial charge on any atom is -0.480 e. The number of carboxylic acids is 1. The molecule has 0 radical (unpaired) electrons. The Balaban J connectivity index is 4.97. The molecule has 0 fully saturated rings. The van der Waals surface area contributed by atoms with Crippen molar-refractivity contribution in [1.29, 1.82) is 0 Å². The Labute approximate surface area is 109 Å². The zero-order valence-corrected chi connectivity index (χ0v) is 12.3. The van der Waals surface area contributed by atoms with Crippen molar-refractivity contribution in [2.75, 3.05) is 46.8 Å². The third-order valence-electron chi connectivity index (χ3n) is 2.47. The maximum absolute atomic E-state index is 12.2. The van der Waals surface area contributed by atoms with Crippen LogP contribution in [0.3, 0.4) is 0 Å². The average Bonchev–Trinajstić information content (AvgIpc) is 2.24. The summed E-state index contributed by atoms with van der Waals surface area (Å²) >= 11 is 0. The summed E-state index contributed by atoms with van der Waals surface area (Å²) in [5, 5.41) is 8.80. The lowest BCUT2D eigenvalue weighted by atomic mass is 10.5. The Bertz CT molecular complexity index is 352. The van der Waals surface area contributed by atoms with Crippen LogP contribution in [-0.2, 0) is 15.0 Å². The fraction of sp³-hybridized carbons (Fsp3) is 0.900. The molecule has 0 aliphatic heterocycles. The second-order valence-corrected chi connectivity index (χ2v) is 6.05. The number of carboxylic acid groups (broad SMARTS) is 1. The second-order valence-electron chi connectivity index (χ2n) is 4.12. The van der Waals surface area contributed by atoms with Gasteiger partial charge in [-0.15, -0.1) is 0 Å². The first kappa shape index (κ1) is 17.3. The Morgan fingerprint density at radius 2 is 1.56 bits per heavy atom. The summed E-state index contributed by atoms with van der Waals surface area (Å²) in [5.41, 5.74) is 0. The van der Waals surface area contributed by atoms with E-state index in [2.05, 4.69) is 0 Å². The van der Waals surface area contributed by atoms with E-state index in [4.69, 9.17) is 5.11 Å². The minimum absolute atomic E-state index is 0.165. The Morgan fingerprint density at radius 1 is 1.06 bits per heavy atom. The molecule has 0 saturated heterocycles. The lowest BCUT2D eigenvalue weighted by Crippen LogP contribution is -2.47. The van der Waals surface area contributed by atoms with E-state index in [0.29, 0.717) is 19.6 Å². The highest BCUT2D eigenvalue weighted by atomic mass is 32.2. The van der Waals surface area contributed by atoms with Gasteiger partial charge in [-0.25, -0.2) is 0 Å². The van der Waals surface area contributed by atoms with E-state index in [9.17, 15) is 13.2 Å². The summed E-state index contributed by atoms with van der Waals surface area (Å²) in [6.07, 6.45) is 0. The number of hydrogen-bond acceptors (Lipinski definition) is 4. The van der Waals surface area contributed by atoms with Crippen LogP contribution in [0.15, 0.2) is 0 Å². The van der Waals surface area contributed by atoms with Gasteiger partial charge in [-0.1, -0.05) is 13.8 Å². The number of hydrogen-bond donors (Lipinski definition) is 1. The minimum atomic E-state index is -3.69. The average molecular weight is 281 g/mol. The van der Waals surface area contributed by atoms with Crippen LogP contribution >= 0.6 is 0 Å². The van der Waals surface area contributed by atoms with E-state index < -0.39 is 22.7 Å². The van der Waals surface area contributed by atoms with Crippen LogP contribution in [0.1, 0.15) is 13.8 Å². The lowest BCUT2D eigenvalue weighted by Gasteiger charge is -2.28. The standard InChI is InChI=1S/C10H23N3O4S/c1-5-12(6-2)18(16,17)13(9-10(14)15)8-7-11(3)4/h5-9H2,1-4H3,(H,14,15). The molecule has 0 rings (SSSR count). The molecule has 18 heavy (non-hydrogen) atoms. The molecule has 0 atom stereocenters. The highest BCUT2D eigenvalue weighted by molar-refractivity contribution is 7.86. The highest BCUT2D eigenvalue weighted by Crippen LogP contribution is 2.08. The first-order valence-electron chi connectivity index (χ1n) is 5.87. The summed E-state index contributed by atoms with van der Waals surface area (Å²) < 4.78 is 26.7. The van der Waals surface area contributed by atoms with Crippen LogP contribution in [0.2, 0.25) is 0 Å². The van der Waals surface area contributed by atoms with Crippen molar-refractivity contribution in [3.05, 3.63) is 0 Å². The van der Waals surface area contributed by atoms with Crippen LogP contribution < -0.4 is 0 Å². The number of aliphatic carboxylic acids is 1. The molecule has 8 heteroatoms. The number of likely N-dealkylation sites (N-methyl/N-ethyl adjacent to an activating group) is 1. The Kier molecular flexibility index (Phi) is 7.37. The van der Waals surface area contributed by atoms with Crippen molar-refractivity contribution >= 4 is 16.2 Å². The molecule has 0 bridgehead atoms. The maximum atomic E-state index is 12.2. The zero-order chi connectivity index (χ0) is 14.3. The van der Waals surface area contributed by atoms with Gasteiger partial charge in [-0.3, -0.25) is 4.79 Å². The van der Waals surface area contributed by atoms with Crippen LogP contribution in [-0.4, -0.2) is 79.8 Å². The van der Waals surface area contributed by atoms with Crippen LogP contribution in [0, 0.1) is 0 Å². The number of nitrogens with zero attached hydrogens (tertiary/aromatic N) is 3. The van der Waals surface area contributed by atoms with E-state index in [1.165, 1.54) is 4.31 Å². The highest BCUT2D eigenvalue weighted by Gasteiger charge is 2.29. The molecule has 0 aromatic rings. The topological polar surface area (TPSA) is 81.2 Å². The van der Waals surface area contributed by atoms with Gasteiger partial charge in [0, 0.05) is 26.2 Å². The second kappa shape index (κ2) is 7.67. The molecule has 0 saturated carbocycles. The monoisotopic (exact) mass is 281 g/mol. The van der Waals surface area contributed by atoms with E-state index in [1.807, 2.05) is 19.0 Å². The fourth-order valence-electron chi connectivity index (χ4n) is 1.45. The van der Waals surface area contributed by atoms with Crippen molar-refractivity contribution in [3.8, 4) is 0 Å². The largest absolute Gasteiger partial charge is 0.480 e. The van der Waals surface area contributed by atoms with Gasteiger partial charge in [0.05, 0.1) is 0 Å². The first-order valence-corrected chi connectivity index (χ1v) is 7.27. The molecule has 0 spiro atoms. The Hall–Kier alpha value is -0.700. The van der Waals surface area contributed by atoms with Gasteiger partial charge in [-0.05, 0) is 14.1 Å². The molecule has 108 valence electrons. The molecule has 7 nitrogen and oxygen atoms in total. The van der Waals surface area contributed by atoms with Gasteiger partial charge in [-0.2, -0.15) is 17.0 Å². The molecule has 0 heterocycles. The molecule has 0 unspecified atom stereocenters. The lowest BCUT2D eigenvalue weighted by molar-refractivity contribution is -0.137. The molecule has 0 aliphatic carbocycles. The molecular formula is C10H23N3O4S. The zero-order valence-electron chi connectivity index (χ0n) is 11.5. The van der Waals surface area contributed by atoms with Crippen molar-refractivity contribution in [1.82, 2.24) is 13.5 Å². The normalized spacial score (nSPS) is 12.6. The summed E-state index contributed by atoms with van der Waals surface area (Å²) in [7, 11) is -0.0778. The molecule has 1 N–H and O–H groups in total. The Morgan fingerprint density at radius 3 is 1.89 bits per heavy atom. The van der Waals surface area contributed by atoms with E-state index in [-0.39, 0.29) is 6.54 Å². The quantitative estimate of drug-likeness (QED) is 0.617. The fourth-order valence-corrected chi connectivity index (χ4v) is 3.02. The summed E-state index contributed by atoms with van der Waals surface area (Å²) in [6, 6.07) is 0. The van der Waals surface area contributed by atoms with E-state index in [0.717, 1.165) is 4.31 Å². The van der Waals surface area contributed by atoms with Crippen molar-refractivity contribution in [2.45, 2.75) is 13.8 Å². The SMILES string of the molecule is CCN(CC)S(=O)(=O)N(CCN(C)C)CC(=O)O. The van der Waals surface area contributed by atoms with Gasteiger partial charge in [0.1, 0.15) is 6.54 Å². The van der Waals surface area contributed by atoms with Gasteiger partial charge in [0.15, 0.2) is 0 Å². The third-order valence-corrected chi connectivity index (χ3v) is 4.60. The maximum Gasteiger partial charge on any atom is 0.318 e.